The third-order valence-electron chi connectivity index (χ3n) is 6.28. The fourth-order valence-electron chi connectivity index (χ4n) is 4.57. The van der Waals surface area contributed by atoms with Crippen LogP contribution in [0.2, 0.25) is 0 Å². The molecule has 2 aromatic carbocycles. The van der Waals surface area contributed by atoms with Crippen LogP contribution >= 0.6 is 0 Å². The molecule has 0 spiro atoms. The molecule has 1 saturated heterocycles. The van der Waals surface area contributed by atoms with Crippen molar-refractivity contribution in [1.29, 1.82) is 0 Å². The number of anilines is 2. The molecule has 9 heteroatoms. The lowest BCUT2D eigenvalue weighted by atomic mass is 9.92. The average Bonchev–Trinajstić information content (AvgIpc) is 3.04. The summed E-state index contributed by atoms with van der Waals surface area (Å²) in [5.41, 5.74) is 2.65. The van der Waals surface area contributed by atoms with Gasteiger partial charge in [-0.3, -0.25) is 24.6 Å². The maximum atomic E-state index is 12.4. The lowest BCUT2D eigenvalue weighted by Crippen LogP contribution is -2.34. The first-order valence-corrected chi connectivity index (χ1v) is 10.4. The van der Waals surface area contributed by atoms with Crippen molar-refractivity contribution >= 4 is 28.9 Å². The van der Waals surface area contributed by atoms with E-state index in [-0.39, 0.29) is 35.7 Å². The molecule has 0 aliphatic carbocycles. The molecule has 0 N–H and O–H groups in total. The zero-order chi connectivity index (χ0) is 23.2. The molecule has 9 nitrogen and oxygen atoms in total. The van der Waals surface area contributed by atoms with E-state index in [1.165, 1.54) is 6.07 Å². The van der Waals surface area contributed by atoms with Crippen LogP contribution in [0.5, 0.6) is 11.5 Å². The molecule has 0 bridgehead atoms. The Kier molecular flexibility index (Phi) is 5.50. The molecule has 0 radical (unpaired) electrons. The van der Waals surface area contributed by atoms with E-state index in [1.54, 1.807) is 33.3 Å². The van der Waals surface area contributed by atoms with Gasteiger partial charge in [-0.1, -0.05) is 6.92 Å². The third-order valence-corrected chi connectivity index (χ3v) is 6.28. The minimum atomic E-state index is -0.468. The summed E-state index contributed by atoms with van der Waals surface area (Å²) in [7, 11) is 3.16. The Labute approximate surface area is 185 Å². The van der Waals surface area contributed by atoms with Crippen molar-refractivity contribution < 1.29 is 24.0 Å². The van der Waals surface area contributed by atoms with Gasteiger partial charge in [0.15, 0.2) is 11.5 Å². The summed E-state index contributed by atoms with van der Waals surface area (Å²) in [5, 5.41) is 11.9. The number of benzene rings is 2. The summed E-state index contributed by atoms with van der Waals surface area (Å²) in [4.78, 5) is 39.2. The monoisotopic (exact) mass is 439 g/mol. The third kappa shape index (κ3) is 3.43. The maximum Gasteiger partial charge on any atom is 0.294 e. The first-order valence-electron chi connectivity index (χ1n) is 10.4. The molecule has 2 aliphatic heterocycles. The van der Waals surface area contributed by atoms with Crippen molar-refractivity contribution in [2.75, 3.05) is 30.6 Å². The van der Waals surface area contributed by atoms with Gasteiger partial charge < -0.3 is 14.4 Å². The largest absolute Gasteiger partial charge is 0.493 e. The summed E-state index contributed by atoms with van der Waals surface area (Å²) in [6.45, 7) is 4.23. The van der Waals surface area contributed by atoms with Crippen LogP contribution in [0.1, 0.15) is 37.4 Å². The smallest absolute Gasteiger partial charge is 0.294 e. The fraction of sp³-hybridized carbons (Fsp3) is 0.391. The van der Waals surface area contributed by atoms with Crippen molar-refractivity contribution in [2.45, 2.75) is 32.7 Å². The molecule has 2 aliphatic rings. The van der Waals surface area contributed by atoms with Gasteiger partial charge in [-0.15, -0.1) is 0 Å². The van der Waals surface area contributed by atoms with E-state index in [2.05, 4.69) is 0 Å². The SMILES string of the molecule is COc1cc2c(cc1OC)[C@H](C)N(c1ccc(N3C(=O)C[C@H](C)C3=O)cc1[N+](=O)[O-])CC2. The number of ether oxygens (including phenoxy) is 2. The topological polar surface area (TPSA) is 102 Å². The number of nitrogens with zero attached hydrogens (tertiary/aromatic N) is 3. The van der Waals surface area contributed by atoms with Crippen LogP contribution in [-0.2, 0) is 16.0 Å². The van der Waals surface area contributed by atoms with Gasteiger partial charge in [-0.2, -0.15) is 0 Å². The highest BCUT2D eigenvalue weighted by atomic mass is 16.6. The summed E-state index contributed by atoms with van der Waals surface area (Å²) in [6, 6.07) is 8.25. The summed E-state index contributed by atoms with van der Waals surface area (Å²) in [5.74, 6) is 0.150. The van der Waals surface area contributed by atoms with Crippen LogP contribution < -0.4 is 19.3 Å². The van der Waals surface area contributed by atoms with Gasteiger partial charge in [-0.05, 0) is 48.7 Å². The highest BCUT2D eigenvalue weighted by molar-refractivity contribution is 6.21. The standard InChI is InChI=1S/C23H25N3O6/c1-13-9-22(27)25(23(13)28)16-5-6-18(19(11-16)26(29)30)24-8-7-15-10-20(31-3)21(32-4)12-17(15)14(24)2/h5-6,10-14H,7-9H2,1-4H3/t13-,14-/m0/s1. The van der Waals surface area contributed by atoms with Gasteiger partial charge >= 0.3 is 0 Å². The van der Waals surface area contributed by atoms with Crippen molar-refractivity contribution in [1.82, 2.24) is 0 Å². The molecule has 2 atom stereocenters. The summed E-state index contributed by atoms with van der Waals surface area (Å²) in [6.07, 6.45) is 0.791. The molecule has 32 heavy (non-hydrogen) atoms. The first kappa shape index (κ1) is 21.6. The molecule has 4 rings (SSSR count). The van der Waals surface area contributed by atoms with Crippen LogP contribution in [0, 0.1) is 16.0 Å². The Morgan fingerprint density at radius 3 is 2.34 bits per heavy atom. The highest BCUT2D eigenvalue weighted by Crippen LogP contribution is 2.43. The number of amides is 2. The molecule has 168 valence electrons. The predicted octanol–water partition coefficient (Wildman–Crippen LogP) is 3.64. The molecule has 2 amide bonds. The average molecular weight is 439 g/mol. The number of nitro benzene ring substituents is 1. The number of rotatable bonds is 5. The summed E-state index contributed by atoms with van der Waals surface area (Å²) >= 11 is 0. The molecular formula is C23H25N3O6. The second-order valence-electron chi connectivity index (χ2n) is 8.13. The summed E-state index contributed by atoms with van der Waals surface area (Å²) < 4.78 is 10.8. The number of hydrogen-bond acceptors (Lipinski definition) is 7. The van der Waals surface area contributed by atoms with Crippen molar-refractivity contribution in [2.24, 2.45) is 5.92 Å². The number of imide groups is 1. The first-order chi connectivity index (χ1) is 15.3. The zero-order valence-electron chi connectivity index (χ0n) is 18.5. The second-order valence-corrected chi connectivity index (χ2v) is 8.13. The Balaban J connectivity index is 1.73. The van der Waals surface area contributed by atoms with E-state index < -0.39 is 10.8 Å². The van der Waals surface area contributed by atoms with Crippen LogP contribution in [-0.4, -0.2) is 37.5 Å². The maximum absolute atomic E-state index is 12.4. The number of methoxy groups -OCH3 is 2. The van der Waals surface area contributed by atoms with Gasteiger partial charge in [-0.25, -0.2) is 0 Å². The lowest BCUT2D eigenvalue weighted by molar-refractivity contribution is -0.384. The van der Waals surface area contributed by atoms with Gasteiger partial charge in [0.25, 0.3) is 5.69 Å². The normalized spacial score (nSPS) is 20.4. The van der Waals surface area contributed by atoms with Crippen molar-refractivity contribution in [3.63, 3.8) is 0 Å². The van der Waals surface area contributed by atoms with Gasteiger partial charge in [0.05, 0.1) is 30.9 Å². The Morgan fingerprint density at radius 2 is 1.75 bits per heavy atom. The minimum absolute atomic E-state index is 0.111. The fourth-order valence-corrected chi connectivity index (χ4v) is 4.57. The van der Waals surface area contributed by atoms with Crippen LogP contribution in [0.3, 0.4) is 0 Å². The number of nitro groups is 1. The van der Waals surface area contributed by atoms with E-state index in [1.807, 2.05) is 24.0 Å². The van der Waals surface area contributed by atoms with E-state index in [9.17, 15) is 19.7 Å². The quantitative estimate of drug-likeness (QED) is 0.398. The Bertz CT molecular complexity index is 1120. The van der Waals surface area contributed by atoms with Crippen LogP contribution in [0.4, 0.5) is 17.1 Å². The van der Waals surface area contributed by atoms with Crippen molar-refractivity contribution in [3.8, 4) is 11.5 Å². The lowest BCUT2D eigenvalue weighted by Gasteiger charge is -2.37. The molecule has 1 fully saturated rings. The molecule has 0 unspecified atom stereocenters. The van der Waals surface area contributed by atoms with E-state index in [0.717, 1.165) is 16.0 Å². The number of carbonyl (C=O) groups excluding carboxylic acids is 2. The second kappa shape index (κ2) is 8.14. The molecule has 0 saturated carbocycles. The molecule has 2 heterocycles. The van der Waals surface area contributed by atoms with Gasteiger partial charge in [0.1, 0.15) is 5.69 Å². The zero-order valence-corrected chi connectivity index (χ0v) is 18.5. The van der Waals surface area contributed by atoms with Crippen molar-refractivity contribution in [3.05, 3.63) is 51.6 Å². The highest BCUT2D eigenvalue weighted by Gasteiger charge is 2.38. The number of carbonyl (C=O) groups is 2. The van der Waals surface area contributed by atoms with Gasteiger partial charge in [0, 0.05) is 24.9 Å². The number of hydrogen-bond donors (Lipinski definition) is 0. The molecule has 2 aromatic rings. The Hall–Kier alpha value is -3.62. The van der Waals surface area contributed by atoms with E-state index >= 15 is 0 Å². The molecule has 0 aromatic heterocycles. The minimum Gasteiger partial charge on any atom is -0.493 e. The van der Waals surface area contributed by atoms with E-state index in [0.29, 0.717) is 30.2 Å². The van der Waals surface area contributed by atoms with Gasteiger partial charge in [0.2, 0.25) is 11.8 Å². The predicted molar refractivity (Wildman–Crippen MR) is 118 cm³/mol. The van der Waals surface area contributed by atoms with Crippen LogP contribution in [0.25, 0.3) is 0 Å². The van der Waals surface area contributed by atoms with E-state index in [4.69, 9.17) is 9.47 Å². The molecular weight excluding hydrogens is 414 g/mol. The Morgan fingerprint density at radius 1 is 1.06 bits per heavy atom. The van der Waals surface area contributed by atoms with Crippen LogP contribution in [0.15, 0.2) is 30.3 Å². The number of fused-ring (bicyclic) bond motifs is 1.